The number of hydrogen-bond acceptors (Lipinski definition) is 5. The number of ether oxygens (including phenoxy) is 1. The van der Waals surface area contributed by atoms with Crippen molar-refractivity contribution in [2.75, 3.05) is 36.4 Å². The van der Waals surface area contributed by atoms with Gasteiger partial charge in [0.2, 0.25) is 20.0 Å². The molecule has 0 amide bonds. The van der Waals surface area contributed by atoms with Crippen LogP contribution in [0.2, 0.25) is 0 Å². The number of benzene rings is 1. The summed E-state index contributed by atoms with van der Waals surface area (Å²) in [6.07, 6.45) is 0.515. The smallest absolute Gasteiger partial charge is 0.243 e. The molecule has 1 atom stereocenters. The van der Waals surface area contributed by atoms with Gasteiger partial charge in [-0.1, -0.05) is 0 Å². The minimum Gasteiger partial charge on any atom is -0.379 e. The predicted molar refractivity (Wildman–Crippen MR) is 91.1 cm³/mol. The van der Waals surface area contributed by atoms with E-state index in [0.29, 0.717) is 38.4 Å². The predicted octanol–water partition coefficient (Wildman–Crippen LogP) is 0.808. The fourth-order valence-electron chi connectivity index (χ4n) is 3.24. The zero-order valence-electron chi connectivity index (χ0n) is 13.8. The molecule has 1 fully saturated rings. The second-order valence-corrected chi connectivity index (χ2v) is 10.1. The summed E-state index contributed by atoms with van der Waals surface area (Å²) in [4.78, 5) is 0.214. The Bertz CT molecular complexity index is 829. The first-order valence-electron chi connectivity index (χ1n) is 8.00. The monoisotopic (exact) mass is 374 g/mol. The van der Waals surface area contributed by atoms with E-state index in [4.69, 9.17) is 4.74 Å². The van der Waals surface area contributed by atoms with E-state index in [2.05, 4.69) is 0 Å². The first kappa shape index (κ1) is 17.7. The molecule has 2 aliphatic rings. The van der Waals surface area contributed by atoms with Gasteiger partial charge in [0.05, 0.1) is 29.5 Å². The fourth-order valence-corrected chi connectivity index (χ4v) is 6.08. The van der Waals surface area contributed by atoms with Gasteiger partial charge in [-0.15, -0.1) is 0 Å². The summed E-state index contributed by atoms with van der Waals surface area (Å²) in [7, 11) is -6.95. The molecular formula is C15H22N2O5S2. The zero-order valence-corrected chi connectivity index (χ0v) is 15.4. The van der Waals surface area contributed by atoms with Crippen LogP contribution in [0.25, 0.3) is 0 Å². The molecule has 134 valence electrons. The van der Waals surface area contributed by atoms with Crippen LogP contribution in [0.1, 0.15) is 19.4 Å². The van der Waals surface area contributed by atoms with Crippen molar-refractivity contribution in [1.82, 2.24) is 4.31 Å². The van der Waals surface area contributed by atoms with E-state index < -0.39 is 20.0 Å². The maximum Gasteiger partial charge on any atom is 0.243 e. The maximum atomic E-state index is 12.7. The molecule has 0 unspecified atom stereocenters. The highest BCUT2D eigenvalue weighted by molar-refractivity contribution is 7.92. The van der Waals surface area contributed by atoms with E-state index in [-0.39, 0.29) is 16.7 Å². The number of anilines is 1. The molecule has 2 heterocycles. The largest absolute Gasteiger partial charge is 0.379 e. The SMILES string of the molecule is CCS(=O)(=O)N1c2ccc(S(=O)(=O)N3CCOCC3)cc2C[C@H]1C. The van der Waals surface area contributed by atoms with Crippen LogP contribution in [0.15, 0.2) is 23.1 Å². The van der Waals surface area contributed by atoms with Crippen molar-refractivity contribution < 1.29 is 21.6 Å². The molecule has 7 nitrogen and oxygen atoms in total. The molecule has 1 aromatic rings. The third kappa shape index (κ3) is 2.94. The van der Waals surface area contributed by atoms with Crippen molar-refractivity contribution in [2.24, 2.45) is 0 Å². The molecule has 1 aromatic carbocycles. The Labute approximate surface area is 143 Å². The second kappa shape index (κ2) is 6.29. The third-order valence-corrected chi connectivity index (χ3v) is 8.26. The maximum absolute atomic E-state index is 12.7. The van der Waals surface area contributed by atoms with Crippen molar-refractivity contribution in [3.05, 3.63) is 23.8 Å². The van der Waals surface area contributed by atoms with E-state index in [0.717, 1.165) is 5.56 Å². The van der Waals surface area contributed by atoms with Gasteiger partial charge in [0.25, 0.3) is 0 Å². The van der Waals surface area contributed by atoms with Crippen LogP contribution in [0.3, 0.4) is 0 Å². The first-order valence-corrected chi connectivity index (χ1v) is 11.0. The molecule has 9 heteroatoms. The van der Waals surface area contributed by atoms with Crippen LogP contribution in [0.4, 0.5) is 5.69 Å². The summed E-state index contributed by atoms with van der Waals surface area (Å²) < 4.78 is 58.1. The molecular weight excluding hydrogens is 352 g/mol. The lowest BCUT2D eigenvalue weighted by atomic mass is 10.1. The van der Waals surface area contributed by atoms with Crippen molar-refractivity contribution >= 4 is 25.7 Å². The van der Waals surface area contributed by atoms with Gasteiger partial charge in [0.1, 0.15) is 0 Å². The van der Waals surface area contributed by atoms with Gasteiger partial charge in [-0.3, -0.25) is 4.31 Å². The third-order valence-electron chi connectivity index (χ3n) is 4.48. The molecule has 2 aliphatic heterocycles. The van der Waals surface area contributed by atoms with E-state index >= 15 is 0 Å². The Morgan fingerprint density at radius 1 is 1.17 bits per heavy atom. The average molecular weight is 374 g/mol. The zero-order chi connectivity index (χ0) is 17.5. The quantitative estimate of drug-likeness (QED) is 0.779. The lowest BCUT2D eigenvalue weighted by molar-refractivity contribution is 0.0730. The molecule has 1 saturated heterocycles. The van der Waals surface area contributed by atoms with Crippen molar-refractivity contribution in [3.63, 3.8) is 0 Å². The van der Waals surface area contributed by atoms with Gasteiger partial charge in [0, 0.05) is 19.1 Å². The molecule has 0 aliphatic carbocycles. The van der Waals surface area contributed by atoms with E-state index in [1.165, 1.54) is 14.7 Å². The van der Waals surface area contributed by atoms with Crippen LogP contribution in [0.5, 0.6) is 0 Å². The highest BCUT2D eigenvalue weighted by Gasteiger charge is 2.35. The van der Waals surface area contributed by atoms with Gasteiger partial charge >= 0.3 is 0 Å². The van der Waals surface area contributed by atoms with Gasteiger partial charge in [-0.25, -0.2) is 16.8 Å². The number of nitrogens with zero attached hydrogens (tertiary/aromatic N) is 2. The molecule has 0 bridgehead atoms. The number of rotatable bonds is 4. The van der Waals surface area contributed by atoms with Crippen molar-refractivity contribution in [1.29, 1.82) is 0 Å². The normalized spacial score (nSPS) is 22.6. The summed E-state index contributed by atoms with van der Waals surface area (Å²) in [6.45, 7) is 4.91. The van der Waals surface area contributed by atoms with Gasteiger partial charge < -0.3 is 4.74 Å². The lowest BCUT2D eigenvalue weighted by Gasteiger charge is -2.26. The average Bonchev–Trinajstić information content (AvgIpc) is 2.91. The molecule has 0 N–H and O–H groups in total. The Kier molecular flexibility index (Phi) is 4.63. The molecule has 3 rings (SSSR count). The highest BCUT2D eigenvalue weighted by Crippen LogP contribution is 2.36. The fraction of sp³-hybridized carbons (Fsp3) is 0.600. The first-order chi connectivity index (χ1) is 11.3. The highest BCUT2D eigenvalue weighted by atomic mass is 32.2. The van der Waals surface area contributed by atoms with Crippen molar-refractivity contribution in [3.8, 4) is 0 Å². The lowest BCUT2D eigenvalue weighted by Crippen LogP contribution is -2.40. The Hall–Kier alpha value is -1.16. The number of hydrogen-bond donors (Lipinski definition) is 0. The van der Waals surface area contributed by atoms with Crippen LogP contribution >= 0.6 is 0 Å². The minimum absolute atomic E-state index is 0.0185. The molecule has 0 aromatic heterocycles. The number of fused-ring (bicyclic) bond motifs is 1. The van der Waals surface area contributed by atoms with Crippen LogP contribution in [-0.4, -0.2) is 59.2 Å². The van der Waals surface area contributed by atoms with Crippen LogP contribution < -0.4 is 4.31 Å². The van der Waals surface area contributed by atoms with Crippen molar-refractivity contribution in [2.45, 2.75) is 31.2 Å². The molecule has 24 heavy (non-hydrogen) atoms. The van der Waals surface area contributed by atoms with E-state index in [1.54, 1.807) is 19.1 Å². The van der Waals surface area contributed by atoms with Gasteiger partial charge in [-0.05, 0) is 44.0 Å². The molecule has 0 saturated carbocycles. The van der Waals surface area contributed by atoms with E-state index in [9.17, 15) is 16.8 Å². The molecule has 0 radical (unpaired) electrons. The number of morpholine rings is 1. The summed E-state index contributed by atoms with van der Waals surface area (Å²) >= 11 is 0. The van der Waals surface area contributed by atoms with Crippen LogP contribution in [-0.2, 0) is 31.2 Å². The summed E-state index contributed by atoms with van der Waals surface area (Å²) in [5, 5.41) is 0. The standard InChI is InChI=1S/C15H22N2O5S2/c1-3-23(18,19)17-12(2)10-13-11-14(4-5-15(13)17)24(20,21)16-6-8-22-9-7-16/h4-5,11-12H,3,6-10H2,1-2H3/t12-/m1/s1. The Balaban J connectivity index is 1.98. The summed E-state index contributed by atoms with van der Waals surface area (Å²) in [5.41, 5.74) is 1.35. The minimum atomic E-state index is -3.57. The van der Waals surface area contributed by atoms with Crippen LogP contribution in [0, 0.1) is 0 Å². The topological polar surface area (TPSA) is 84.0 Å². The number of sulfonamides is 2. The second-order valence-electron chi connectivity index (χ2n) is 6.06. The Morgan fingerprint density at radius 3 is 2.46 bits per heavy atom. The summed E-state index contributed by atoms with van der Waals surface area (Å²) in [6, 6.07) is 4.52. The van der Waals surface area contributed by atoms with E-state index in [1.807, 2.05) is 6.92 Å². The van der Waals surface area contributed by atoms with Gasteiger partial charge in [-0.2, -0.15) is 4.31 Å². The van der Waals surface area contributed by atoms with Gasteiger partial charge in [0.15, 0.2) is 0 Å². The summed E-state index contributed by atoms with van der Waals surface area (Å²) in [5.74, 6) is 0.0185. The Morgan fingerprint density at radius 2 is 1.83 bits per heavy atom. The molecule has 0 spiro atoms.